The molecule has 1 unspecified atom stereocenters. The molecule has 0 aromatic heterocycles. The molecule has 0 fully saturated rings. The maximum Gasteiger partial charge on any atom is 0.193 e. The molecule has 0 amide bonds. The van der Waals surface area contributed by atoms with Crippen LogP contribution in [0.1, 0.15) is 15.9 Å². The van der Waals surface area contributed by atoms with Crippen LogP contribution in [0.3, 0.4) is 0 Å². The van der Waals surface area contributed by atoms with Crippen LogP contribution < -0.4 is 14.8 Å². The Morgan fingerprint density at radius 3 is 2.46 bits per heavy atom. The highest BCUT2D eigenvalue weighted by Gasteiger charge is 2.13. The number of aliphatic hydroxyl groups is 2. The summed E-state index contributed by atoms with van der Waals surface area (Å²) in [6, 6.07) is 12.0. The molecule has 6 nitrogen and oxygen atoms in total. The second-order valence-electron chi connectivity index (χ2n) is 5.20. The van der Waals surface area contributed by atoms with E-state index in [1.165, 1.54) is 14.2 Å². The van der Waals surface area contributed by atoms with Gasteiger partial charge in [0, 0.05) is 23.4 Å². The van der Waals surface area contributed by atoms with Gasteiger partial charge in [0.25, 0.3) is 0 Å². The molecule has 128 valence electrons. The zero-order chi connectivity index (χ0) is 17.5. The van der Waals surface area contributed by atoms with Gasteiger partial charge in [0.2, 0.25) is 0 Å². The Morgan fingerprint density at radius 2 is 1.79 bits per heavy atom. The smallest absolute Gasteiger partial charge is 0.193 e. The van der Waals surface area contributed by atoms with Gasteiger partial charge in [-0.1, -0.05) is 12.1 Å². The molecular formula is C18H21NO5. The van der Waals surface area contributed by atoms with Crippen molar-refractivity contribution in [2.45, 2.75) is 6.10 Å². The van der Waals surface area contributed by atoms with Crippen molar-refractivity contribution in [2.75, 3.05) is 32.7 Å². The Labute approximate surface area is 140 Å². The number of hydrogen-bond donors (Lipinski definition) is 3. The lowest BCUT2D eigenvalue weighted by Crippen LogP contribution is -2.23. The molecule has 0 aliphatic rings. The molecule has 3 N–H and O–H groups in total. The fourth-order valence-corrected chi connectivity index (χ4v) is 2.21. The average Bonchev–Trinajstić information content (AvgIpc) is 2.65. The first-order valence-corrected chi connectivity index (χ1v) is 7.48. The molecule has 2 aromatic rings. The summed E-state index contributed by atoms with van der Waals surface area (Å²) in [5, 5.41) is 21.2. The van der Waals surface area contributed by atoms with Crippen molar-refractivity contribution in [3.8, 4) is 11.5 Å². The standard InChI is InChI=1S/C18H21NO5/c1-23-16-7-6-13(9-17(16)24-2)18(22)12-4-3-5-14(8-12)19-10-15(21)11-20/h3-9,15,19-21H,10-11H2,1-2H3. The number of anilines is 1. The molecule has 2 aromatic carbocycles. The molecule has 0 aliphatic carbocycles. The Bertz CT molecular complexity index is 702. The van der Waals surface area contributed by atoms with Crippen LogP contribution in [0.15, 0.2) is 42.5 Å². The van der Waals surface area contributed by atoms with Crippen molar-refractivity contribution in [2.24, 2.45) is 0 Å². The maximum atomic E-state index is 12.6. The van der Waals surface area contributed by atoms with Crippen molar-refractivity contribution >= 4 is 11.5 Å². The molecule has 0 heterocycles. The lowest BCUT2D eigenvalue weighted by atomic mass is 10.0. The van der Waals surface area contributed by atoms with E-state index >= 15 is 0 Å². The van der Waals surface area contributed by atoms with Gasteiger partial charge in [0.05, 0.1) is 26.9 Å². The summed E-state index contributed by atoms with van der Waals surface area (Å²) >= 11 is 0. The number of aliphatic hydroxyl groups excluding tert-OH is 2. The monoisotopic (exact) mass is 331 g/mol. The highest BCUT2D eigenvalue weighted by atomic mass is 16.5. The minimum Gasteiger partial charge on any atom is -0.493 e. The minimum atomic E-state index is -0.852. The Balaban J connectivity index is 2.20. The van der Waals surface area contributed by atoms with Crippen LogP contribution >= 0.6 is 0 Å². The molecule has 0 radical (unpaired) electrons. The van der Waals surface area contributed by atoms with Crippen molar-refractivity contribution in [1.82, 2.24) is 0 Å². The van der Waals surface area contributed by atoms with Crippen LogP contribution in [-0.2, 0) is 0 Å². The predicted octanol–water partition coefficient (Wildman–Crippen LogP) is 1.70. The number of ketones is 1. The topological polar surface area (TPSA) is 88.0 Å². The zero-order valence-electron chi connectivity index (χ0n) is 13.7. The summed E-state index contributed by atoms with van der Waals surface area (Å²) in [6.45, 7) is -0.123. The summed E-state index contributed by atoms with van der Waals surface area (Å²) in [4.78, 5) is 12.6. The Morgan fingerprint density at radius 1 is 1.08 bits per heavy atom. The maximum absolute atomic E-state index is 12.6. The number of carbonyl (C=O) groups is 1. The van der Waals surface area contributed by atoms with Gasteiger partial charge in [-0.3, -0.25) is 4.79 Å². The molecule has 24 heavy (non-hydrogen) atoms. The third kappa shape index (κ3) is 4.24. The summed E-state index contributed by atoms with van der Waals surface area (Å²) in [5.74, 6) is 0.897. The van der Waals surface area contributed by atoms with E-state index in [0.717, 1.165) is 0 Å². The fraction of sp³-hybridized carbons (Fsp3) is 0.278. The van der Waals surface area contributed by atoms with E-state index in [1.54, 1.807) is 42.5 Å². The van der Waals surface area contributed by atoms with Crippen molar-refractivity contribution < 1.29 is 24.5 Å². The fourth-order valence-electron chi connectivity index (χ4n) is 2.21. The second-order valence-corrected chi connectivity index (χ2v) is 5.20. The summed E-state index contributed by atoms with van der Waals surface area (Å²) in [7, 11) is 3.05. The van der Waals surface area contributed by atoms with E-state index in [9.17, 15) is 9.90 Å². The van der Waals surface area contributed by atoms with Crippen LogP contribution in [-0.4, -0.2) is 49.5 Å². The molecular weight excluding hydrogens is 310 g/mol. The van der Waals surface area contributed by atoms with Gasteiger partial charge in [-0.05, 0) is 30.3 Å². The summed E-state index contributed by atoms with van der Waals surface area (Å²) < 4.78 is 10.4. The molecule has 0 bridgehead atoms. The number of carbonyl (C=O) groups excluding carboxylic acids is 1. The average molecular weight is 331 g/mol. The lowest BCUT2D eigenvalue weighted by molar-refractivity contribution is 0.103. The van der Waals surface area contributed by atoms with Gasteiger partial charge in [0.1, 0.15) is 0 Å². The van der Waals surface area contributed by atoms with Crippen molar-refractivity contribution in [3.63, 3.8) is 0 Å². The highest BCUT2D eigenvalue weighted by molar-refractivity contribution is 6.09. The van der Waals surface area contributed by atoms with Gasteiger partial charge in [0.15, 0.2) is 17.3 Å². The van der Waals surface area contributed by atoms with Crippen LogP contribution in [0, 0.1) is 0 Å². The van der Waals surface area contributed by atoms with Gasteiger partial charge >= 0.3 is 0 Å². The second kappa shape index (κ2) is 8.33. The lowest BCUT2D eigenvalue weighted by Gasteiger charge is -2.12. The summed E-state index contributed by atoms with van der Waals surface area (Å²) in [6.07, 6.45) is -0.852. The Hall–Kier alpha value is -2.57. The first kappa shape index (κ1) is 17.8. The van der Waals surface area contributed by atoms with E-state index in [-0.39, 0.29) is 18.9 Å². The van der Waals surface area contributed by atoms with E-state index in [0.29, 0.717) is 28.3 Å². The van der Waals surface area contributed by atoms with Gasteiger partial charge in [-0.2, -0.15) is 0 Å². The largest absolute Gasteiger partial charge is 0.493 e. The number of ether oxygens (including phenoxy) is 2. The van der Waals surface area contributed by atoms with Gasteiger partial charge < -0.3 is 25.0 Å². The zero-order valence-corrected chi connectivity index (χ0v) is 13.7. The predicted molar refractivity (Wildman–Crippen MR) is 91.0 cm³/mol. The SMILES string of the molecule is COc1ccc(C(=O)c2cccc(NCC(O)CO)c2)cc1OC. The molecule has 0 aliphatic heterocycles. The summed E-state index contributed by atoms with van der Waals surface area (Å²) in [5.41, 5.74) is 1.68. The van der Waals surface area contributed by atoms with Crippen molar-refractivity contribution in [3.05, 3.63) is 53.6 Å². The molecule has 0 saturated heterocycles. The third-order valence-electron chi connectivity index (χ3n) is 3.52. The minimum absolute atomic E-state index is 0.151. The van der Waals surface area contributed by atoms with E-state index in [4.69, 9.17) is 14.6 Å². The van der Waals surface area contributed by atoms with E-state index in [2.05, 4.69) is 5.32 Å². The van der Waals surface area contributed by atoms with Crippen molar-refractivity contribution in [1.29, 1.82) is 0 Å². The number of benzene rings is 2. The number of rotatable bonds is 8. The number of methoxy groups -OCH3 is 2. The molecule has 0 spiro atoms. The first-order valence-electron chi connectivity index (χ1n) is 7.48. The normalized spacial score (nSPS) is 11.7. The van der Waals surface area contributed by atoms with E-state index < -0.39 is 6.10 Å². The first-order chi connectivity index (χ1) is 11.6. The number of nitrogens with one attached hydrogen (secondary N) is 1. The van der Waals surface area contributed by atoms with Crippen LogP contribution in [0.5, 0.6) is 11.5 Å². The molecule has 2 rings (SSSR count). The van der Waals surface area contributed by atoms with Crippen LogP contribution in [0.4, 0.5) is 5.69 Å². The van der Waals surface area contributed by atoms with E-state index in [1.807, 2.05) is 0 Å². The Kier molecular flexibility index (Phi) is 6.17. The van der Waals surface area contributed by atoms with Gasteiger partial charge in [-0.15, -0.1) is 0 Å². The van der Waals surface area contributed by atoms with Gasteiger partial charge in [-0.25, -0.2) is 0 Å². The quantitative estimate of drug-likeness (QED) is 0.638. The molecule has 6 heteroatoms. The number of hydrogen-bond acceptors (Lipinski definition) is 6. The highest BCUT2D eigenvalue weighted by Crippen LogP contribution is 2.28. The molecule has 0 saturated carbocycles. The van der Waals surface area contributed by atoms with Crippen LogP contribution in [0.25, 0.3) is 0 Å². The molecule has 1 atom stereocenters. The van der Waals surface area contributed by atoms with Crippen LogP contribution in [0.2, 0.25) is 0 Å². The third-order valence-corrected chi connectivity index (χ3v) is 3.52.